The SMILES string of the molecule is C=CC(=O)N(C)CC(=O)N1CC[C@@H](NC(=O)OC(C)(C)C)[C@H]1C. The molecule has 0 bridgehead atoms. The summed E-state index contributed by atoms with van der Waals surface area (Å²) >= 11 is 0. The van der Waals surface area contributed by atoms with Gasteiger partial charge in [-0.1, -0.05) is 6.58 Å². The van der Waals surface area contributed by atoms with Crippen molar-refractivity contribution in [2.75, 3.05) is 20.1 Å². The predicted octanol–water partition coefficient (Wildman–Crippen LogP) is 1.14. The number of nitrogens with one attached hydrogen (secondary N) is 1. The zero-order valence-electron chi connectivity index (χ0n) is 14.6. The summed E-state index contributed by atoms with van der Waals surface area (Å²) in [5.41, 5.74) is -0.560. The third-order valence-corrected chi connectivity index (χ3v) is 3.70. The maximum atomic E-state index is 12.3. The smallest absolute Gasteiger partial charge is 0.407 e. The third-order valence-electron chi connectivity index (χ3n) is 3.70. The van der Waals surface area contributed by atoms with Gasteiger partial charge in [0, 0.05) is 19.6 Å². The second-order valence-corrected chi connectivity index (χ2v) is 6.77. The number of likely N-dealkylation sites (tertiary alicyclic amines) is 1. The molecule has 0 radical (unpaired) electrons. The number of likely N-dealkylation sites (N-methyl/N-ethyl adjacent to an activating group) is 1. The number of alkyl carbamates (subject to hydrolysis) is 1. The van der Waals surface area contributed by atoms with E-state index in [4.69, 9.17) is 4.74 Å². The van der Waals surface area contributed by atoms with Gasteiger partial charge in [0.25, 0.3) is 0 Å². The number of carbonyl (C=O) groups excluding carboxylic acids is 3. The van der Waals surface area contributed by atoms with E-state index in [2.05, 4.69) is 11.9 Å². The number of amides is 3. The van der Waals surface area contributed by atoms with E-state index in [1.54, 1.807) is 32.7 Å². The molecule has 3 amide bonds. The van der Waals surface area contributed by atoms with E-state index in [-0.39, 0.29) is 30.4 Å². The van der Waals surface area contributed by atoms with Crippen LogP contribution in [-0.4, -0.2) is 65.5 Å². The molecule has 1 heterocycles. The quantitative estimate of drug-likeness (QED) is 0.786. The highest BCUT2D eigenvalue weighted by atomic mass is 16.6. The summed E-state index contributed by atoms with van der Waals surface area (Å²) in [7, 11) is 1.55. The maximum absolute atomic E-state index is 12.3. The molecule has 0 unspecified atom stereocenters. The number of hydrogen-bond donors (Lipinski definition) is 1. The second-order valence-electron chi connectivity index (χ2n) is 6.77. The fourth-order valence-electron chi connectivity index (χ4n) is 2.47. The molecule has 2 atom stereocenters. The molecule has 7 heteroatoms. The fraction of sp³-hybridized carbons (Fsp3) is 0.688. The molecule has 0 aromatic heterocycles. The first-order valence-electron chi connectivity index (χ1n) is 7.71. The van der Waals surface area contributed by atoms with Gasteiger partial charge in [-0.25, -0.2) is 4.79 Å². The fourth-order valence-corrected chi connectivity index (χ4v) is 2.47. The molecular weight excluding hydrogens is 298 g/mol. The van der Waals surface area contributed by atoms with Crippen molar-refractivity contribution < 1.29 is 19.1 Å². The lowest BCUT2D eigenvalue weighted by atomic mass is 10.1. The number of hydrogen-bond acceptors (Lipinski definition) is 4. The highest BCUT2D eigenvalue weighted by molar-refractivity contribution is 5.90. The highest BCUT2D eigenvalue weighted by Gasteiger charge is 2.35. The van der Waals surface area contributed by atoms with Crippen molar-refractivity contribution in [1.29, 1.82) is 0 Å². The zero-order valence-corrected chi connectivity index (χ0v) is 14.6. The van der Waals surface area contributed by atoms with Crippen LogP contribution in [-0.2, 0) is 14.3 Å². The van der Waals surface area contributed by atoms with E-state index in [9.17, 15) is 14.4 Å². The summed E-state index contributed by atoms with van der Waals surface area (Å²) in [4.78, 5) is 38.6. The van der Waals surface area contributed by atoms with Crippen LogP contribution in [0.1, 0.15) is 34.1 Å². The maximum Gasteiger partial charge on any atom is 0.407 e. The second kappa shape index (κ2) is 7.48. The summed E-state index contributed by atoms with van der Waals surface area (Å²) in [6, 6.07) is -0.309. The number of nitrogens with zero attached hydrogens (tertiary/aromatic N) is 2. The molecule has 0 aliphatic carbocycles. The number of rotatable bonds is 4. The Labute approximate surface area is 137 Å². The lowest BCUT2D eigenvalue weighted by Crippen LogP contribution is -2.48. The van der Waals surface area contributed by atoms with E-state index in [0.29, 0.717) is 13.0 Å². The first-order chi connectivity index (χ1) is 10.5. The van der Waals surface area contributed by atoms with Crippen molar-refractivity contribution in [2.24, 2.45) is 0 Å². The lowest BCUT2D eigenvalue weighted by Gasteiger charge is -2.28. The Morgan fingerprint density at radius 2 is 2.00 bits per heavy atom. The number of carbonyl (C=O) groups is 3. The minimum absolute atomic E-state index is 0.00560. The Bertz CT molecular complexity index is 484. The van der Waals surface area contributed by atoms with E-state index in [0.717, 1.165) is 0 Å². The molecule has 7 nitrogen and oxygen atoms in total. The van der Waals surface area contributed by atoms with Gasteiger partial charge in [-0.3, -0.25) is 9.59 Å². The van der Waals surface area contributed by atoms with Gasteiger partial charge >= 0.3 is 6.09 Å². The van der Waals surface area contributed by atoms with Gasteiger partial charge in [-0.05, 0) is 40.2 Å². The van der Waals surface area contributed by atoms with E-state index < -0.39 is 11.7 Å². The standard InChI is InChI=1S/C16H27N3O4/c1-7-13(20)18(6)10-14(21)19-9-8-12(11(19)2)17-15(22)23-16(3,4)5/h7,11-12H,1,8-10H2,2-6H3,(H,17,22)/t11-,12-/m1/s1. The molecule has 23 heavy (non-hydrogen) atoms. The van der Waals surface area contributed by atoms with Crippen LogP contribution in [0, 0.1) is 0 Å². The zero-order chi connectivity index (χ0) is 17.8. The van der Waals surface area contributed by atoms with Crippen LogP contribution < -0.4 is 5.32 Å². The van der Waals surface area contributed by atoms with Crippen LogP contribution in [0.2, 0.25) is 0 Å². The van der Waals surface area contributed by atoms with Gasteiger partial charge in [0.15, 0.2) is 0 Å². The molecular formula is C16H27N3O4. The summed E-state index contributed by atoms with van der Waals surface area (Å²) in [5, 5.41) is 2.81. The molecule has 0 spiro atoms. The van der Waals surface area contributed by atoms with Crippen molar-refractivity contribution in [3.63, 3.8) is 0 Å². The van der Waals surface area contributed by atoms with Crippen LogP contribution in [0.25, 0.3) is 0 Å². The van der Waals surface area contributed by atoms with Crippen molar-refractivity contribution in [2.45, 2.75) is 51.8 Å². The van der Waals surface area contributed by atoms with Gasteiger partial charge in [0.05, 0.1) is 12.6 Å². The average molecular weight is 325 g/mol. The topological polar surface area (TPSA) is 79.0 Å². The lowest BCUT2D eigenvalue weighted by molar-refractivity contribution is -0.137. The Morgan fingerprint density at radius 1 is 1.39 bits per heavy atom. The molecule has 1 fully saturated rings. The van der Waals surface area contributed by atoms with Crippen LogP contribution in [0.5, 0.6) is 0 Å². The average Bonchev–Trinajstić information content (AvgIpc) is 2.77. The molecule has 0 aromatic carbocycles. The molecule has 1 aliphatic rings. The van der Waals surface area contributed by atoms with Crippen molar-refractivity contribution in [3.8, 4) is 0 Å². The van der Waals surface area contributed by atoms with Gasteiger partial charge in [-0.15, -0.1) is 0 Å². The first kappa shape index (κ1) is 19.0. The summed E-state index contributed by atoms with van der Waals surface area (Å²) < 4.78 is 5.24. The molecule has 0 saturated carbocycles. The van der Waals surface area contributed by atoms with Crippen molar-refractivity contribution in [1.82, 2.24) is 15.1 Å². The van der Waals surface area contributed by atoms with Crippen LogP contribution in [0.3, 0.4) is 0 Å². The Balaban J connectivity index is 2.56. The van der Waals surface area contributed by atoms with Crippen molar-refractivity contribution >= 4 is 17.9 Å². The monoisotopic (exact) mass is 325 g/mol. The van der Waals surface area contributed by atoms with E-state index in [1.165, 1.54) is 11.0 Å². The van der Waals surface area contributed by atoms with Gasteiger partial charge in [0.2, 0.25) is 11.8 Å². The third kappa shape index (κ3) is 5.58. The predicted molar refractivity (Wildman–Crippen MR) is 86.8 cm³/mol. The number of ether oxygens (including phenoxy) is 1. The van der Waals surface area contributed by atoms with Gasteiger partial charge in [-0.2, -0.15) is 0 Å². The Morgan fingerprint density at radius 3 is 2.52 bits per heavy atom. The molecule has 1 N–H and O–H groups in total. The molecule has 1 saturated heterocycles. The normalized spacial score (nSPS) is 20.8. The Hall–Kier alpha value is -2.05. The Kier molecular flexibility index (Phi) is 6.18. The van der Waals surface area contributed by atoms with Gasteiger partial charge in [0.1, 0.15) is 5.60 Å². The molecule has 1 aliphatic heterocycles. The largest absolute Gasteiger partial charge is 0.444 e. The molecule has 130 valence electrons. The minimum Gasteiger partial charge on any atom is -0.444 e. The molecule has 1 rings (SSSR count). The van der Waals surface area contributed by atoms with Crippen LogP contribution in [0.15, 0.2) is 12.7 Å². The highest BCUT2D eigenvalue weighted by Crippen LogP contribution is 2.19. The van der Waals surface area contributed by atoms with Crippen molar-refractivity contribution in [3.05, 3.63) is 12.7 Å². The van der Waals surface area contributed by atoms with E-state index in [1.807, 2.05) is 6.92 Å². The van der Waals surface area contributed by atoms with Crippen LogP contribution >= 0.6 is 0 Å². The summed E-state index contributed by atoms with van der Waals surface area (Å²) in [5.74, 6) is -0.447. The van der Waals surface area contributed by atoms with Crippen LogP contribution in [0.4, 0.5) is 4.79 Å². The first-order valence-corrected chi connectivity index (χ1v) is 7.71. The van der Waals surface area contributed by atoms with E-state index >= 15 is 0 Å². The minimum atomic E-state index is -0.560. The molecule has 0 aromatic rings. The van der Waals surface area contributed by atoms with Gasteiger partial charge < -0.3 is 19.9 Å². The summed E-state index contributed by atoms with van der Waals surface area (Å²) in [6.07, 6.45) is 1.35. The summed E-state index contributed by atoms with van der Waals surface area (Å²) in [6.45, 7) is 11.2.